The number of aliphatic carboxylic acids is 1. The summed E-state index contributed by atoms with van der Waals surface area (Å²) < 4.78 is 5.20. The van der Waals surface area contributed by atoms with Gasteiger partial charge in [-0.3, -0.25) is 4.79 Å². The van der Waals surface area contributed by atoms with E-state index in [0.717, 1.165) is 25.7 Å². The molecule has 1 aliphatic rings. The molecule has 6 heteroatoms. The molecule has 1 amide bonds. The Morgan fingerprint density at radius 2 is 1.68 bits per heavy atom. The van der Waals surface area contributed by atoms with E-state index in [2.05, 4.69) is 10.6 Å². The SMILES string of the molecule is CC(C)(C)OC(=O)NC1CCC(NCC(=O)O)CC1. The minimum absolute atomic E-state index is 0.00513. The zero-order chi connectivity index (χ0) is 14.5. The van der Waals surface area contributed by atoms with Crippen LogP contribution < -0.4 is 10.6 Å². The highest BCUT2D eigenvalue weighted by atomic mass is 16.6. The fourth-order valence-corrected chi connectivity index (χ4v) is 2.15. The van der Waals surface area contributed by atoms with Gasteiger partial charge < -0.3 is 20.5 Å². The number of ether oxygens (including phenoxy) is 1. The first-order valence-electron chi connectivity index (χ1n) is 6.71. The Morgan fingerprint density at radius 3 is 2.16 bits per heavy atom. The topological polar surface area (TPSA) is 87.7 Å². The van der Waals surface area contributed by atoms with Gasteiger partial charge in [-0.15, -0.1) is 0 Å². The van der Waals surface area contributed by atoms with Crippen molar-refractivity contribution in [1.82, 2.24) is 10.6 Å². The van der Waals surface area contributed by atoms with Crippen LogP contribution in [-0.4, -0.2) is 41.4 Å². The van der Waals surface area contributed by atoms with Gasteiger partial charge in [-0.2, -0.15) is 0 Å². The molecule has 19 heavy (non-hydrogen) atoms. The largest absolute Gasteiger partial charge is 0.480 e. The maximum atomic E-state index is 11.6. The summed E-state index contributed by atoms with van der Waals surface area (Å²) in [4.78, 5) is 22.0. The molecule has 0 aromatic heterocycles. The number of amides is 1. The maximum absolute atomic E-state index is 11.6. The second kappa shape index (κ2) is 6.75. The van der Waals surface area contributed by atoms with Gasteiger partial charge in [0.15, 0.2) is 0 Å². The summed E-state index contributed by atoms with van der Waals surface area (Å²) in [6.45, 7) is 5.49. The van der Waals surface area contributed by atoms with Crippen LogP contribution in [-0.2, 0) is 9.53 Å². The molecule has 0 saturated heterocycles. The van der Waals surface area contributed by atoms with Crippen molar-refractivity contribution >= 4 is 12.1 Å². The van der Waals surface area contributed by atoms with E-state index in [1.165, 1.54) is 0 Å². The van der Waals surface area contributed by atoms with E-state index in [9.17, 15) is 9.59 Å². The second-order valence-electron chi connectivity index (χ2n) is 5.97. The van der Waals surface area contributed by atoms with Gasteiger partial charge in [-0.25, -0.2) is 4.79 Å². The molecule has 1 rings (SSSR count). The van der Waals surface area contributed by atoms with Crippen LogP contribution in [0.2, 0.25) is 0 Å². The summed E-state index contributed by atoms with van der Waals surface area (Å²) in [5.41, 5.74) is -0.482. The molecule has 0 heterocycles. The van der Waals surface area contributed by atoms with Gasteiger partial charge in [-0.05, 0) is 46.5 Å². The van der Waals surface area contributed by atoms with Gasteiger partial charge in [0.1, 0.15) is 5.60 Å². The van der Waals surface area contributed by atoms with Crippen molar-refractivity contribution in [3.05, 3.63) is 0 Å². The van der Waals surface area contributed by atoms with Crippen molar-refractivity contribution in [3.63, 3.8) is 0 Å². The maximum Gasteiger partial charge on any atom is 0.407 e. The van der Waals surface area contributed by atoms with E-state index in [1.54, 1.807) is 0 Å². The molecule has 6 nitrogen and oxygen atoms in total. The Hall–Kier alpha value is -1.30. The molecule has 3 N–H and O–H groups in total. The van der Waals surface area contributed by atoms with E-state index in [0.29, 0.717) is 0 Å². The number of carbonyl (C=O) groups excluding carboxylic acids is 1. The highest BCUT2D eigenvalue weighted by Gasteiger charge is 2.24. The molecule has 0 radical (unpaired) electrons. The van der Waals surface area contributed by atoms with Gasteiger partial charge in [0.2, 0.25) is 0 Å². The van der Waals surface area contributed by atoms with Crippen LogP contribution in [0.4, 0.5) is 4.79 Å². The van der Waals surface area contributed by atoms with E-state index in [-0.39, 0.29) is 24.7 Å². The Bertz CT molecular complexity index is 317. The van der Waals surface area contributed by atoms with Crippen LogP contribution in [0.15, 0.2) is 0 Å². The Balaban J connectivity index is 2.23. The number of carboxylic acid groups (broad SMARTS) is 1. The molecule has 1 fully saturated rings. The molecule has 0 aromatic rings. The van der Waals surface area contributed by atoms with E-state index >= 15 is 0 Å². The van der Waals surface area contributed by atoms with Gasteiger partial charge >= 0.3 is 12.1 Å². The number of alkyl carbamates (subject to hydrolysis) is 1. The number of carbonyl (C=O) groups is 2. The molecule has 0 aromatic carbocycles. The smallest absolute Gasteiger partial charge is 0.407 e. The highest BCUT2D eigenvalue weighted by molar-refractivity contribution is 5.69. The minimum Gasteiger partial charge on any atom is -0.480 e. The summed E-state index contributed by atoms with van der Waals surface area (Å²) >= 11 is 0. The predicted octanol–water partition coefficient (Wildman–Crippen LogP) is 1.50. The fourth-order valence-electron chi connectivity index (χ4n) is 2.15. The Morgan fingerprint density at radius 1 is 1.16 bits per heavy atom. The van der Waals surface area contributed by atoms with Crippen LogP contribution >= 0.6 is 0 Å². The molecule has 0 unspecified atom stereocenters. The molecule has 0 atom stereocenters. The fraction of sp³-hybridized carbons (Fsp3) is 0.846. The summed E-state index contributed by atoms with van der Waals surface area (Å²) in [5.74, 6) is -0.839. The van der Waals surface area contributed by atoms with Crippen LogP contribution in [0, 0.1) is 0 Å². The van der Waals surface area contributed by atoms with E-state index in [4.69, 9.17) is 9.84 Å². The first-order valence-corrected chi connectivity index (χ1v) is 6.71. The van der Waals surface area contributed by atoms with Crippen LogP contribution in [0.3, 0.4) is 0 Å². The predicted molar refractivity (Wildman–Crippen MR) is 71.1 cm³/mol. The summed E-state index contributed by atoms with van der Waals surface area (Å²) in [6.07, 6.45) is 3.05. The average Bonchev–Trinajstić information content (AvgIpc) is 2.25. The summed E-state index contributed by atoms with van der Waals surface area (Å²) in [7, 11) is 0. The Kier molecular flexibility index (Phi) is 5.60. The van der Waals surface area contributed by atoms with Gasteiger partial charge in [0.25, 0.3) is 0 Å². The lowest BCUT2D eigenvalue weighted by atomic mass is 9.91. The standard InChI is InChI=1S/C13H24N2O4/c1-13(2,3)19-12(18)15-10-6-4-9(5-7-10)14-8-11(16)17/h9-10,14H,4-8H2,1-3H3,(H,15,18)(H,16,17). The molecule has 1 saturated carbocycles. The van der Waals surface area contributed by atoms with Crippen molar-refractivity contribution in [3.8, 4) is 0 Å². The van der Waals surface area contributed by atoms with Crippen molar-refractivity contribution in [2.75, 3.05) is 6.54 Å². The number of hydrogen-bond acceptors (Lipinski definition) is 4. The summed E-state index contributed by atoms with van der Waals surface area (Å²) in [6, 6.07) is 0.352. The quantitative estimate of drug-likeness (QED) is 0.722. The minimum atomic E-state index is -0.839. The molecule has 110 valence electrons. The third-order valence-electron chi connectivity index (χ3n) is 2.99. The summed E-state index contributed by atoms with van der Waals surface area (Å²) in [5, 5.41) is 14.4. The van der Waals surface area contributed by atoms with Crippen molar-refractivity contribution in [1.29, 1.82) is 0 Å². The highest BCUT2D eigenvalue weighted by Crippen LogP contribution is 2.19. The van der Waals surface area contributed by atoms with E-state index in [1.807, 2.05) is 20.8 Å². The monoisotopic (exact) mass is 272 g/mol. The third-order valence-corrected chi connectivity index (χ3v) is 2.99. The first-order chi connectivity index (χ1) is 8.76. The molecule has 1 aliphatic carbocycles. The first kappa shape index (κ1) is 15.8. The van der Waals surface area contributed by atoms with E-state index < -0.39 is 11.6 Å². The van der Waals surface area contributed by atoms with Crippen LogP contribution in [0.5, 0.6) is 0 Å². The van der Waals surface area contributed by atoms with Crippen LogP contribution in [0.25, 0.3) is 0 Å². The number of rotatable bonds is 4. The second-order valence-corrected chi connectivity index (χ2v) is 5.97. The zero-order valence-corrected chi connectivity index (χ0v) is 11.9. The number of hydrogen-bond donors (Lipinski definition) is 3. The molecular weight excluding hydrogens is 248 g/mol. The van der Waals surface area contributed by atoms with Crippen molar-refractivity contribution in [2.24, 2.45) is 0 Å². The molecule has 0 aliphatic heterocycles. The van der Waals surface area contributed by atoms with Gasteiger partial charge in [-0.1, -0.05) is 0 Å². The molecule has 0 spiro atoms. The number of carboxylic acids is 1. The average molecular weight is 272 g/mol. The third kappa shape index (κ3) is 7.00. The van der Waals surface area contributed by atoms with Gasteiger partial charge in [0.05, 0.1) is 6.54 Å². The molecular formula is C13H24N2O4. The molecule has 0 bridgehead atoms. The van der Waals surface area contributed by atoms with Crippen molar-refractivity contribution < 1.29 is 19.4 Å². The van der Waals surface area contributed by atoms with Crippen molar-refractivity contribution in [2.45, 2.75) is 64.1 Å². The lowest BCUT2D eigenvalue weighted by Gasteiger charge is -2.30. The lowest BCUT2D eigenvalue weighted by Crippen LogP contribution is -2.44. The lowest BCUT2D eigenvalue weighted by molar-refractivity contribution is -0.136. The Labute approximate surface area is 113 Å². The van der Waals surface area contributed by atoms with Gasteiger partial charge in [0, 0.05) is 12.1 Å². The normalized spacial score (nSPS) is 23.7. The zero-order valence-electron chi connectivity index (χ0n) is 11.9. The number of nitrogens with one attached hydrogen (secondary N) is 2. The van der Waals surface area contributed by atoms with Crippen LogP contribution in [0.1, 0.15) is 46.5 Å².